The predicted octanol–water partition coefficient (Wildman–Crippen LogP) is 2.56. The normalized spacial score (nSPS) is 18.4. The number of para-hydroxylation sites is 1. The lowest BCUT2D eigenvalue weighted by Crippen LogP contribution is -2.43. The first-order chi connectivity index (χ1) is 7.74. The van der Waals surface area contributed by atoms with E-state index in [4.69, 9.17) is 0 Å². The molecule has 1 atom stereocenters. The first-order valence-electron chi connectivity index (χ1n) is 5.89. The van der Waals surface area contributed by atoms with E-state index in [1.807, 2.05) is 23.1 Å². The molecule has 0 bridgehead atoms. The first kappa shape index (κ1) is 11.0. The van der Waals surface area contributed by atoms with Crippen LogP contribution in [-0.4, -0.2) is 18.6 Å². The molecule has 2 rings (SSSR count). The summed E-state index contributed by atoms with van der Waals surface area (Å²) in [5.41, 5.74) is 2.32. The lowest BCUT2D eigenvalue weighted by molar-refractivity contribution is 0.245. The quantitative estimate of drug-likeness (QED) is 0.813. The minimum atomic E-state index is 0.0271. The van der Waals surface area contributed by atoms with E-state index in [-0.39, 0.29) is 12.1 Å². The fourth-order valence-corrected chi connectivity index (χ4v) is 2.19. The topological polar surface area (TPSA) is 32.3 Å². The Morgan fingerprint density at radius 3 is 3.00 bits per heavy atom. The molecule has 0 radical (unpaired) electrons. The van der Waals surface area contributed by atoms with Crippen molar-refractivity contribution in [1.29, 1.82) is 0 Å². The average molecular weight is 218 g/mol. The highest BCUT2D eigenvalue weighted by Gasteiger charge is 2.29. The standard InChI is InChI=1S/C13H18N2O/c1-3-8-14-13(16)15-10(2)9-11-6-4-5-7-12(11)15/h4-7,10H,3,8-9H2,1-2H3,(H,14,16)/t10-/m1/s1. The smallest absolute Gasteiger partial charge is 0.322 e. The molecule has 1 N–H and O–H groups in total. The van der Waals surface area contributed by atoms with Gasteiger partial charge in [-0.1, -0.05) is 25.1 Å². The summed E-state index contributed by atoms with van der Waals surface area (Å²) >= 11 is 0. The number of hydrogen-bond donors (Lipinski definition) is 1. The number of carbonyl (C=O) groups excluding carboxylic acids is 1. The number of nitrogens with zero attached hydrogens (tertiary/aromatic N) is 1. The molecule has 3 nitrogen and oxygen atoms in total. The minimum absolute atomic E-state index is 0.0271. The zero-order valence-corrected chi connectivity index (χ0v) is 9.86. The SMILES string of the molecule is CCCNC(=O)N1c2ccccc2C[C@H]1C. The van der Waals surface area contributed by atoms with E-state index < -0.39 is 0 Å². The largest absolute Gasteiger partial charge is 0.338 e. The maximum Gasteiger partial charge on any atom is 0.322 e. The highest BCUT2D eigenvalue weighted by Crippen LogP contribution is 2.31. The molecule has 0 fully saturated rings. The van der Waals surface area contributed by atoms with Gasteiger partial charge in [0.05, 0.1) is 0 Å². The fraction of sp³-hybridized carbons (Fsp3) is 0.462. The third kappa shape index (κ3) is 1.90. The summed E-state index contributed by atoms with van der Waals surface area (Å²) in [6, 6.07) is 8.41. The molecule has 0 unspecified atom stereocenters. The number of rotatable bonds is 2. The third-order valence-electron chi connectivity index (χ3n) is 2.95. The first-order valence-corrected chi connectivity index (χ1v) is 5.89. The summed E-state index contributed by atoms with van der Waals surface area (Å²) in [6.07, 6.45) is 1.92. The Bertz CT molecular complexity index is 389. The van der Waals surface area contributed by atoms with Crippen LogP contribution in [0.2, 0.25) is 0 Å². The van der Waals surface area contributed by atoms with Gasteiger partial charge in [-0.25, -0.2) is 4.79 Å². The van der Waals surface area contributed by atoms with Crippen LogP contribution in [-0.2, 0) is 6.42 Å². The number of amides is 2. The lowest BCUT2D eigenvalue weighted by atomic mass is 10.1. The van der Waals surface area contributed by atoms with Crippen LogP contribution in [0.4, 0.5) is 10.5 Å². The number of nitrogens with one attached hydrogen (secondary N) is 1. The van der Waals surface area contributed by atoms with Gasteiger partial charge in [0.25, 0.3) is 0 Å². The van der Waals surface area contributed by atoms with Gasteiger partial charge >= 0.3 is 6.03 Å². The summed E-state index contributed by atoms with van der Waals surface area (Å²) in [5.74, 6) is 0. The van der Waals surface area contributed by atoms with Crippen LogP contribution in [0.3, 0.4) is 0 Å². The summed E-state index contributed by atoms with van der Waals surface area (Å²) < 4.78 is 0. The van der Waals surface area contributed by atoms with Crippen molar-refractivity contribution in [2.45, 2.75) is 32.7 Å². The van der Waals surface area contributed by atoms with Crippen molar-refractivity contribution in [2.24, 2.45) is 0 Å². The molecule has 2 amide bonds. The number of hydrogen-bond acceptors (Lipinski definition) is 1. The van der Waals surface area contributed by atoms with Crippen molar-refractivity contribution in [3.63, 3.8) is 0 Å². The van der Waals surface area contributed by atoms with Gasteiger partial charge in [0, 0.05) is 18.3 Å². The lowest BCUT2D eigenvalue weighted by Gasteiger charge is -2.22. The van der Waals surface area contributed by atoms with Gasteiger partial charge in [0.2, 0.25) is 0 Å². The van der Waals surface area contributed by atoms with E-state index in [2.05, 4.69) is 25.2 Å². The Morgan fingerprint density at radius 1 is 1.50 bits per heavy atom. The maximum atomic E-state index is 12.0. The molecule has 0 saturated heterocycles. The molecule has 0 spiro atoms. The van der Waals surface area contributed by atoms with Gasteiger partial charge in [0.15, 0.2) is 0 Å². The van der Waals surface area contributed by atoms with Crippen LogP contribution >= 0.6 is 0 Å². The van der Waals surface area contributed by atoms with Crippen LogP contribution < -0.4 is 10.2 Å². The van der Waals surface area contributed by atoms with E-state index in [1.54, 1.807) is 0 Å². The van der Waals surface area contributed by atoms with Crippen LogP contribution in [0.15, 0.2) is 24.3 Å². The van der Waals surface area contributed by atoms with Crippen molar-refractivity contribution in [2.75, 3.05) is 11.4 Å². The molecule has 86 valence electrons. The molecule has 1 aliphatic rings. The number of anilines is 1. The number of carbonyl (C=O) groups is 1. The highest BCUT2D eigenvalue weighted by atomic mass is 16.2. The number of fused-ring (bicyclic) bond motifs is 1. The second-order valence-corrected chi connectivity index (χ2v) is 4.28. The van der Waals surface area contributed by atoms with Crippen molar-refractivity contribution >= 4 is 11.7 Å². The average Bonchev–Trinajstić information content (AvgIpc) is 2.62. The second-order valence-electron chi connectivity index (χ2n) is 4.28. The summed E-state index contributed by atoms with van der Waals surface area (Å²) in [4.78, 5) is 13.9. The fourth-order valence-electron chi connectivity index (χ4n) is 2.19. The highest BCUT2D eigenvalue weighted by molar-refractivity contribution is 5.94. The van der Waals surface area contributed by atoms with Crippen LogP contribution in [0.5, 0.6) is 0 Å². The third-order valence-corrected chi connectivity index (χ3v) is 2.95. The van der Waals surface area contributed by atoms with E-state index in [1.165, 1.54) is 5.56 Å². The molecule has 0 aliphatic carbocycles. The maximum absolute atomic E-state index is 12.0. The van der Waals surface area contributed by atoms with E-state index in [0.29, 0.717) is 0 Å². The van der Waals surface area contributed by atoms with Crippen LogP contribution in [0, 0.1) is 0 Å². The van der Waals surface area contributed by atoms with Crippen LogP contribution in [0.25, 0.3) is 0 Å². The number of urea groups is 1. The zero-order valence-electron chi connectivity index (χ0n) is 9.86. The van der Waals surface area contributed by atoms with Gasteiger partial charge in [-0.05, 0) is 31.4 Å². The molecule has 0 aromatic heterocycles. The van der Waals surface area contributed by atoms with E-state index in [9.17, 15) is 4.79 Å². The number of benzene rings is 1. The van der Waals surface area contributed by atoms with Gasteiger partial charge in [-0.15, -0.1) is 0 Å². The van der Waals surface area contributed by atoms with Crippen LogP contribution in [0.1, 0.15) is 25.8 Å². The van der Waals surface area contributed by atoms with E-state index >= 15 is 0 Å². The predicted molar refractivity (Wildman–Crippen MR) is 65.8 cm³/mol. The molecule has 3 heteroatoms. The Morgan fingerprint density at radius 2 is 2.25 bits per heavy atom. The Hall–Kier alpha value is -1.51. The zero-order chi connectivity index (χ0) is 11.5. The Balaban J connectivity index is 2.18. The molecular weight excluding hydrogens is 200 g/mol. The van der Waals surface area contributed by atoms with Crippen molar-refractivity contribution in [3.8, 4) is 0 Å². The monoisotopic (exact) mass is 218 g/mol. The molecule has 16 heavy (non-hydrogen) atoms. The van der Waals surface area contributed by atoms with Gasteiger partial charge in [0.1, 0.15) is 0 Å². The van der Waals surface area contributed by atoms with Crippen molar-refractivity contribution < 1.29 is 4.79 Å². The van der Waals surface area contributed by atoms with Crippen molar-refractivity contribution in [3.05, 3.63) is 29.8 Å². The van der Waals surface area contributed by atoms with Gasteiger partial charge in [-0.2, -0.15) is 0 Å². The molecule has 1 aromatic carbocycles. The summed E-state index contributed by atoms with van der Waals surface area (Å²) in [6.45, 7) is 4.89. The molecule has 1 aliphatic heterocycles. The molecular formula is C13H18N2O. The Labute approximate surface area is 96.5 Å². The van der Waals surface area contributed by atoms with Gasteiger partial charge in [-0.3, -0.25) is 4.90 Å². The second kappa shape index (κ2) is 4.56. The molecule has 1 heterocycles. The Kier molecular flexibility index (Phi) is 3.13. The van der Waals surface area contributed by atoms with E-state index in [0.717, 1.165) is 25.1 Å². The minimum Gasteiger partial charge on any atom is -0.338 e. The van der Waals surface area contributed by atoms with Gasteiger partial charge < -0.3 is 5.32 Å². The molecule has 0 saturated carbocycles. The summed E-state index contributed by atoms with van der Waals surface area (Å²) in [5, 5.41) is 2.93. The summed E-state index contributed by atoms with van der Waals surface area (Å²) in [7, 11) is 0. The van der Waals surface area contributed by atoms with Crippen molar-refractivity contribution in [1.82, 2.24) is 5.32 Å². The molecule has 1 aromatic rings.